The van der Waals surface area contributed by atoms with E-state index < -0.39 is 0 Å². The Hall–Kier alpha value is -1.07. The smallest absolute Gasteiger partial charge is 0.217 e. The minimum atomic E-state index is -0.190. The number of nitrogens with zero attached hydrogens (tertiary/aromatic N) is 1. The van der Waals surface area contributed by atoms with Crippen LogP contribution in [0.15, 0.2) is 22.7 Å². The Kier molecular flexibility index (Phi) is 4.82. The second-order valence-electron chi connectivity index (χ2n) is 5.08. The highest BCUT2D eigenvalue weighted by Gasteiger charge is 2.22. The molecule has 1 aromatic carbocycles. The van der Waals surface area contributed by atoms with E-state index in [0.717, 1.165) is 36.0 Å². The minimum Gasteiger partial charge on any atom is -0.371 e. The molecule has 0 spiro atoms. The zero-order valence-electron chi connectivity index (χ0n) is 10.9. The van der Waals surface area contributed by atoms with Crippen LogP contribution in [0.25, 0.3) is 0 Å². The van der Waals surface area contributed by atoms with Crippen molar-refractivity contribution in [3.63, 3.8) is 0 Å². The van der Waals surface area contributed by atoms with Gasteiger partial charge in [0.25, 0.3) is 0 Å². The molecular formula is C14H20BrN3O. The van der Waals surface area contributed by atoms with E-state index >= 15 is 0 Å². The summed E-state index contributed by atoms with van der Waals surface area (Å²) in [6.07, 6.45) is 2.55. The third-order valence-electron chi connectivity index (χ3n) is 3.71. The fraction of sp³-hybridized carbons (Fsp3) is 0.500. The van der Waals surface area contributed by atoms with Gasteiger partial charge in [0.1, 0.15) is 0 Å². The Bertz CT molecular complexity index is 456. The number of carbonyl (C=O) groups is 1. The van der Waals surface area contributed by atoms with E-state index in [1.807, 2.05) is 6.07 Å². The first-order chi connectivity index (χ1) is 9.10. The molecule has 2 rings (SSSR count). The third-order valence-corrected chi connectivity index (χ3v) is 4.20. The van der Waals surface area contributed by atoms with Gasteiger partial charge in [-0.2, -0.15) is 0 Å². The first kappa shape index (κ1) is 14.3. The summed E-state index contributed by atoms with van der Waals surface area (Å²) in [5, 5.41) is 0. The molecule has 1 aliphatic rings. The van der Waals surface area contributed by atoms with Gasteiger partial charge in [-0.3, -0.25) is 4.79 Å². The van der Waals surface area contributed by atoms with Crippen LogP contribution >= 0.6 is 15.9 Å². The van der Waals surface area contributed by atoms with E-state index in [-0.39, 0.29) is 5.91 Å². The maximum Gasteiger partial charge on any atom is 0.217 e. The van der Waals surface area contributed by atoms with Crippen LogP contribution in [0.5, 0.6) is 0 Å². The summed E-state index contributed by atoms with van der Waals surface area (Å²) in [6, 6.07) is 6.23. The van der Waals surface area contributed by atoms with Gasteiger partial charge in [0.15, 0.2) is 0 Å². The van der Waals surface area contributed by atoms with E-state index in [4.69, 9.17) is 11.5 Å². The Morgan fingerprint density at radius 2 is 2.05 bits per heavy atom. The number of carbonyl (C=O) groups excluding carboxylic acids is 1. The number of hydrogen-bond acceptors (Lipinski definition) is 3. The fourth-order valence-electron chi connectivity index (χ4n) is 2.69. The van der Waals surface area contributed by atoms with Crippen molar-refractivity contribution in [1.29, 1.82) is 0 Å². The standard InChI is InChI=1S/C14H20BrN3O/c15-12-1-2-13(11(8-12)9-16)18-5-3-10(4-6-18)7-14(17)19/h1-2,8,10H,3-7,9,16H2,(H2,17,19). The molecule has 0 atom stereocenters. The van der Waals surface area contributed by atoms with Gasteiger partial charge < -0.3 is 16.4 Å². The van der Waals surface area contributed by atoms with Crippen molar-refractivity contribution in [2.24, 2.45) is 17.4 Å². The fourth-order valence-corrected chi connectivity index (χ4v) is 3.10. The number of hydrogen-bond donors (Lipinski definition) is 2. The molecule has 0 saturated carbocycles. The molecule has 0 unspecified atom stereocenters. The number of piperidine rings is 1. The first-order valence-electron chi connectivity index (χ1n) is 6.62. The molecule has 104 valence electrons. The molecule has 1 aliphatic heterocycles. The van der Waals surface area contributed by atoms with Crippen LogP contribution in [0.4, 0.5) is 5.69 Å². The van der Waals surface area contributed by atoms with Gasteiger partial charge in [-0.15, -0.1) is 0 Å². The van der Waals surface area contributed by atoms with E-state index in [0.29, 0.717) is 18.9 Å². The van der Waals surface area contributed by atoms with Crippen molar-refractivity contribution in [2.45, 2.75) is 25.8 Å². The van der Waals surface area contributed by atoms with Crippen molar-refractivity contribution in [2.75, 3.05) is 18.0 Å². The normalized spacial score (nSPS) is 16.6. The van der Waals surface area contributed by atoms with Crippen LogP contribution < -0.4 is 16.4 Å². The Balaban J connectivity index is 2.03. The predicted molar refractivity (Wildman–Crippen MR) is 80.8 cm³/mol. The second kappa shape index (κ2) is 6.39. The predicted octanol–water partition coefficient (Wildman–Crippen LogP) is 2.00. The SMILES string of the molecule is NCc1cc(Br)ccc1N1CCC(CC(N)=O)CC1. The first-order valence-corrected chi connectivity index (χ1v) is 7.41. The lowest BCUT2D eigenvalue weighted by molar-refractivity contribution is -0.119. The molecule has 1 aromatic rings. The highest BCUT2D eigenvalue weighted by molar-refractivity contribution is 9.10. The number of rotatable bonds is 4. The summed E-state index contributed by atoms with van der Waals surface area (Å²) in [4.78, 5) is 13.3. The quantitative estimate of drug-likeness (QED) is 0.889. The van der Waals surface area contributed by atoms with Crippen molar-refractivity contribution < 1.29 is 4.79 Å². The Labute approximate surface area is 122 Å². The monoisotopic (exact) mass is 325 g/mol. The Morgan fingerprint density at radius 1 is 1.37 bits per heavy atom. The van der Waals surface area contributed by atoms with Crippen LogP contribution in [0.1, 0.15) is 24.8 Å². The zero-order chi connectivity index (χ0) is 13.8. The average molecular weight is 326 g/mol. The lowest BCUT2D eigenvalue weighted by Crippen LogP contribution is -2.35. The van der Waals surface area contributed by atoms with E-state index in [2.05, 4.69) is 33.0 Å². The maximum atomic E-state index is 10.9. The molecular weight excluding hydrogens is 306 g/mol. The summed E-state index contributed by atoms with van der Waals surface area (Å²) >= 11 is 3.47. The van der Waals surface area contributed by atoms with Crippen LogP contribution in [0, 0.1) is 5.92 Å². The zero-order valence-corrected chi connectivity index (χ0v) is 12.5. The number of anilines is 1. The molecule has 4 nitrogen and oxygen atoms in total. The summed E-state index contributed by atoms with van der Waals surface area (Å²) in [5.41, 5.74) is 13.4. The van der Waals surface area contributed by atoms with Gasteiger partial charge in [0, 0.05) is 36.2 Å². The van der Waals surface area contributed by atoms with Crippen molar-refractivity contribution in [3.8, 4) is 0 Å². The summed E-state index contributed by atoms with van der Waals surface area (Å²) in [5.74, 6) is 0.246. The van der Waals surface area contributed by atoms with E-state index in [1.165, 1.54) is 5.69 Å². The van der Waals surface area contributed by atoms with Gasteiger partial charge in [-0.05, 0) is 42.5 Å². The van der Waals surface area contributed by atoms with Crippen LogP contribution in [0.2, 0.25) is 0 Å². The van der Waals surface area contributed by atoms with Crippen molar-refractivity contribution in [3.05, 3.63) is 28.2 Å². The highest BCUT2D eigenvalue weighted by atomic mass is 79.9. The molecule has 1 amide bonds. The molecule has 1 saturated heterocycles. The molecule has 5 heteroatoms. The molecule has 0 bridgehead atoms. The van der Waals surface area contributed by atoms with Gasteiger partial charge in [-0.1, -0.05) is 15.9 Å². The van der Waals surface area contributed by atoms with Crippen LogP contribution in [-0.2, 0) is 11.3 Å². The summed E-state index contributed by atoms with van der Waals surface area (Å²) in [7, 11) is 0. The van der Waals surface area contributed by atoms with Gasteiger partial charge >= 0.3 is 0 Å². The van der Waals surface area contributed by atoms with Gasteiger partial charge in [0.05, 0.1) is 0 Å². The van der Waals surface area contributed by atoms with E-state index in [9.17, 15) is 4.79 Å². The molecule has 1 fully saturated rings. The van der Waals surface area contributed by atoms with Gasteiger partial charge in [0.2, 0.25) is 5.91 Å². The largest absolute Gasteiger partial charge is 0.371 e. The molecule has 0 aromatic heterocycles. The molecule has 0 radical (unpaired) electrons. The average Bonchev–Trinajstić information content (AvgIpc) is 2.39. The maximum absolute atomic E-state index is 10.9. The third kappa shape index (κ3) is 3.70. The molecule has 0 aliphatic carbocycles. The minimum absolute atomic E-state index is 0.190. The number of nitrogens with two attached hydrogens (primary N) is 2. The second-order valence-corrected chi connectivity index (χ2v) is 5.99. The number of amides is 1. The molecule has 1 heterocycles. The molecule has 19 heavy (non-hydrogen) atoms. The number of primary amides is 1. The lowest BCUT2D eigenvalue weighted by Gasteiger charge is -2.34. The molecule has 4 N–H and O–H groups in total. The number of benzene rings is 1. The van der Waals surface area contributed by atoms with Crippen molar-refractivity contribution >= 4 is 27.5 Å². The Morgan fingerprint density at radius 3 is 2.63 bits per heavy atom. The highest BCUT2D eigenvalue weighted by Crippen LogP contribution is 2.29. The summed E-state index contributed by atoms with van der Waals surface area (Å²) in [6.45, 7) is 2.47. The van der Waals surface area contributed by atoms with E-state index in [1.54, 1.807) is 0 Å². The number of halogens is 1. The summed E-state index contributed by atoms with van der Waals surface area (Å²) < 4.78 is 1.06. The van der Waals surface area contributed by atoms with Crippen molar-refractivity contribution in [1.82, 2.24) is 0 Å². The van der Waals surface area contributed by atoms with Gasteiger partial charge in [-0.25, -0.2) is 0 Å². The van der Waals surface area contributed by atoms with Crippen LogP contribution in [0.3, 0.4) is 0 Å². The topological polar surface area (TPSA) is 72.3 Å². The van der Waals surface area contributed by atoms with Crippen LogP contribution in [-0.4, -0.2) is 19.0 Å². The lowest BCUT2D eigenvalue weighted by atomic mass is 9.92.